The van der Waals surface area contributed by atoms with Crippen molar-refractivity contribution in [2.45, 2.75) is 38.1 Å². The standard InChI is InChI=1S/C24H24N4/c25-23-21-20(17-10-4-1-5-11-17)22(18-12-6-2-7-13-18)27-24(21)26-16-28(23)19-14-8-3-9-15-19/h1-2,4-7,10-13,16,19,25,27H,3,8-9,14-15H2. The monoisotopic (exact) mass is 368 g/mol. The van der Waals surface area contributed by atoms with Crippen molar-refractivity contribution in [3.05, 3.63) is 72.5 Å². The zero-order valence-electron chi connectivity index (χ0n) is 15.9. The van der Waals surface area contributed by atoms with Gasteiger partial charge in [-0.25, -0.2) is 4.98 Å². The average molecular weight is 368 g/mol. The van der Waals surface area contributed by atoms with E-state index in [-0.39, 0.29) is 0 Å². The largest absolute Gasteiger partial charge is 0.339 e. The Labute approximate surface area is 164 Å². The Balaban J connectivity index is 1.79. The minimum atomic E-state index is 0.386. The van der Waals surface area contributed by atoms with E-state index in [0.717, 1.165) is 46.3 Å². The first-order valence-electron chi connectivity index (χ1n) is 10.1. The van der Waals surface area contributed by atoms with Crippen molar-refractivity contribution < 1.29 is 0 Å². The molecule has 0 amide bonds. The molecule has 4 aromatic rings. The van der Waals surface area contributed by atoms with Gasteiger partial charge >= 0.3 is 0 Å². The lowest BCUT2D eigenvalue weighted by atomic mass is 9.95. The lowest BCUT2D eigenvalue weighted by Gasteiger charge is -2.24. The summed E-state index contributed by atoms with van der Waals surface area (Å²) >= 11 is 0. The molecule has 2 aromatic carbocycles. The van der Waals surface area contributed by atoms with Crippen molar-refractivity contribution in [3.8, 4) is 22.4 Å². The molecule has 0 atom stereocenters. The molecule has 2 N–H and O–H groups in total. The molecule has 0 aliphatic heterocycles. The van der Waals surface area contributed by atoms with Crippen LogP contribution in [-0.2, 0) is 0 Å². The Hall–Kier alpha value is -3.14. The summed E-state index contributed by atoms with van der Waals surface area (Å²) in [5.74, 6) is 0. The summed E-state index contributed by atoms with van der Waals surface area (Å²) in [6.07, 6.45) is 7.92. The van der Waals surface area contributed by atoms with Gasteiger partial charge in [-0.15, -0.1) is 0 Å². The Morgan fingerprint density at radius 1 is 0.857 bits per heavy atom. The second-order valence-corrected chi connectivity index (χ2v) is 7.62. The van der Waals surface area contributed by atoms with E-state index in [1.54, 1.807) is 0 Å². The number of fused-ring (bicyclic) bond motifs is 1. The fraction of sp³-hybridized carbons (Fsp3) is 0.250. The predicted molar refractivity (Wildman–Crippen MR) is 113 cm³/mol. The molecule has 0 radical (unpaired) electrons. The van der Waals surface area contributed by atoms with Crippen molar-refractivity contribution in [1.29, 1.82) is 5.41 Å². The molecule has 1 aliphatic rings. The number of rotatable bonds is 3. The van der Waals surface area contributed by atoms with Gasteiger partial charge in [0.05, 0.1) is 17.4 Å². The molecule has 2 heterocycles. The number of hydrogen-bond donors (Lipinski definition) is 2. The van der Waals surface area contributed by atoms with Crippen LogP contribution in [0.25, 0.3) is 33.4 Å². The zero-order valence-corrected chi connectivity index (χ0v) is 15.9. The van der Waals surface area contributed by atoms with Crippen LogP contribution in [0.4, 0.5) is 0 Å². The molecule has 0 unspecified atom stereocenters. The van der Waals surface area contributed by atoms with Crippen LogP contribution in [0.15, 0.2) is 67.0 Å². The molecular weight excluding hydrogens is 344 g/mol. The first-order chi connectivity index (χ1) is 13.8. The number of nitrogens with zero attached hydrogens (tertiary/aromatic N) is 2. The van der Waals surface area contributed by atoms with Crippen LogP contribution in [-0.4, -0.2) is 14.5 Å². The van der Waals surface area contributed by atoms with Gasteiger partial charge in [0.25, 0.3) is 0 Å². The number of nitrogens with one attached hydrogen (secondary N) is 2. The number of benzene rings is 2. The van der Waals surface area contributed by atoms with E-state index >= 15 is 0 Å². The van der Waals surface area contributed by atoms with Crippen molar-refractivity contribution in [3.63, 3.8) is 0 Å². The molecule has 2 aromatic heterocycles. The van der Waals surface area contributed by atoms with Gasteiger partial charge in [-0.05, 0) is 24.0 Å². The Bertz CT molecular complexity index is 1150. The molecule has 0 spiro atoms. The van der Waals surface area contributed by atoms with Gasteiger partial charge in [0.2, 0.25) is 0 Å². The van der Waals surface area contributed by atoms with Crippen molar-refractivity contribution >= 4 is 11.0 Å². The second-order valence-electron chi connectivity index (χ2n) is 7.62. The van der Waals surface area contributed by atoms with E-state index in [4.69, 9.17) is 10.4 Å². The van der Waals surface area contributed by atoms with E-state index in [0.29, 0.717) is 11.5 Å². The number of aromatic amines is 1. The van der Waals surface area contributed by atoms with E-state index in [1.165, 1.54) is 19.3 Å². The van der Waals surface area contributed by atoms with Crippen LogP contribution in [0.2, 0.25) is 0 Å². The lowest BCUT2D eigenvalue weighted by molar-refractivity contribution is 0.342. The summed E-state index contributed by atoms with van der Waals surface area (Å²) in [4.78, 5) is 8.24. The first kappa shape index (κ1) is 17.0. The fourth-order valence-electron chi connectivity index (χ4n) is 4.47. The highest BCUT2D eigenvalue weighted by molar-refractivity contribution is 6.01. The molecule has 4 nitrogen and oxygen atoms in total. The number of hydrogen-bond acceptors (Lipinski definition) is 2. The van der Waals surface area contributed by atoms with E-state index in [1.807, 2.05) is 30.6 Å². The van der Waals surface area contributed by atoms with Crippen LogP contribution in [0, 0.1) is 5.41 Å². The Morgan fingerprint density at radius 2 is 1.50 bits per heavy atom. The highest BCUT2D eigenvalue weighted by Crippen LogP contribution is 2.36. The lowest BCUT2D eigenvalue weighted by Crippen LogP contribution is -2.26. The van der Waals surface area contributed by atoms with Crippen molar-refractivity contribution in [2.24, 2.45) is 0 Å². The van der Waals surface area contributed by atoms with E-state index < -0.39 is 0 Å². The second kappa shape index (κ2) is 7.12. The highest BCUT2D eigenvalue weighted by atomic mass is 15.1. The van der Waals surface area contributed by atoms with Crippen LogP contribution in [0.5, 0.6) is 0 Å². The van der Waals surface area contributed by atoms with Gasteiger partial charge < -0.3 is 9.55 Å². The number of aromatic nitrogens is 3. The topological polar surface area (TPSA) is 57.5 Å². The molecule has 5 rings (SSSR count). The molecule has 140 valence electrons. The quantitative estimate of drug-likeness (QED) is 0.480. The third-order valence-electron chi connectivity index (χ3n) is 5.88. The third-order valence-corrected chi connectivity index (χ3v) is 5.88. The first-order valence-corrected chi connectivity index (χ1v) is 10.1. The summed E-state index contributed by atoms with van der Waals surface area (Å²) in [6.45, 7) is 0. The molecule has 0 saturated heterocycles. The molecule has 1 fully saturated rings. The number of H-pyrrole nitrogens is 1. The molecule has 4 heteroatoms. The average Bonchev–Trinajstić information content (AvgIpc) is 3.16. The van der Waals surface area contributed by atoms with Crippen LogP contribution in [0.1, 0.15) is 38.1 Å². The maximum atomic E-state index is 9.04. The summed E-state index contributed by atoms with van der Waals surface area (Å²) in [6, 6.07) is 21.1. The minimum absolute atomic E-state index is 0.386. The minimum Gasteiger partial charge on any atom is -0.339 e. The predicted octanol–water partition coefficient (Wildman–Crippen LogP) is 5.68. The van der Waals surface area contributed by atoms with Crippen molar-refractivity contribution in [1.82, 2.24) is 14.5 Å². The summed E-state index contributed by atoms with van der Waals surface area (Å²) in [5.41, 5.74) is 5.69. The van der Waals surface area contributed by atoms with Gasteiger partial charge in [-0.1, -0.05) is 79.9 Å². The summed E-state index contributed by atoms with van der Waals surface area (Å²) in [5, 5.41) is 9.96. The van der Waals surface area contributed by atoms with Crippen LogP contribution in [0.3, 0.4) is 0 Å². The molecule has 1 aliphatic carbocycles. The molecule has 1 saturated carbocycles. The van der Waals surface area contributed by atoms with Crippen LogP contribution < -0.4 is 5.49 Å². The third kappa shape index (κ3) is 2.85. The van der Waals surface area contributed by atoms with E-state index in [9.17, 15) is 0 Å². The maximum absolute atomic E-state index is 9.04. The smallest absolute Gasteiger partial charge is 0.143 e. The summed E-state index contributed by atoms with van der Waals surface area (Å²) in [7, 11) is 0. The normalized spacial score (nSPS) is 15.1. The van der Waals surface area contributed by atoms with E-state index in [2.05, 4.69) is 45.9 Å². The Kier molecular flexibility index (Phi) is 4.32. The van der Waals surface area contributed by atoms with Gasteiger partial charge in [0, 0.05) is 11.6 Å². The van der Waals surface area contributed by atoms with Gasteiger partial charge in [-0.2, -0.15) is 0 Å². The highest BCUT2D eigenvalue weighted by Gasteiger charge is 2.21. The van der Waals surface area contributed by atoms with Crippen molar-refractivity contribution in [2.75, 3.05) is 0 Å². The molecule has 28 heavy (non-hydrogen) atoms. The zero-order chi connectivity index (χ0) is 18.9. The summed E-state index contributed by atoms with van der Waals surface area (Å²) < 4.78 is 2.09. The van der Waals surface area contributed by atoms with Gasteiger partial charge in [0.15, 0.2) is 0 Å². The van der Waals surface area contributed by atoms with Gasteiger partial charge in [0.1, 0.15) is 11.1 Å². The maximum Gasteiger partial charge on any atom is 0.143 e. The SMILES string of the molecule is N=c1c2c(-c3ccccc3)c(-c3ccccc3)[nH]c2ncn1C1CCCCC1. The molecular formula is C24H24N4. The van der Waals surface area contributed by atoms with Gasteiger partial charge in [-0.3, -0.25) is 5.41 Å². The van der Waals surface area contributed by atoms with Crippen LogP contribution >= 0.6 is 0 Å². The molecule has 0 bridgehead atoms. The fourth-order valence-corrected chi connectivity index (χ4v) is 4.47. The Morgan fingerprint density at radius 3 is 2.18 bits per heavy atom.